The van der Waals surface area contributed by atoms with Crippen LogP contribution < -0.4 is 10.6 Å². The highest BCUT2D eigenvalue weighted by Crippen LogP contribution is 2.14. The van der Waals surface area contributed by atoms with Gasteiger partial charge in [-0.05, 0) is 43.5 Å². The normalized spacial score (nSPS) is 20.4. The molecule has 1 aromatic carbocycles. The van der Waals surface area contributed by atoms with Crippen molar-refractivity contribution in [2.24, 2.45) is 4.99 Å². The Hall–Kier alpha value is -1.35. The van der Waals surface area contributed by atoms with Crippen molar-refractivity contribution in [3.8, 4) is 0 Å². The van der Waals surface area contributed by atoms with Gasteiger partial charge < -0.3 is 15.5 Å². The Labute approximate surface area is 198 Å². The van der Waals surface area contributed by atoms with Crippen LogP contribution in [0.3, 0.4) is 0 Å². The topological polar surface area (TPSA) is 60.0 Å². The number of nitrogens with one attached hydrogen (secondary N) is 2. The summed E-state index contributed by atoms with van der Waals surface area (Å²) in [4.78, 5) is 20.7. The van der Waals surface area contributed by atoms with E-state index in [0.717, 1.165) is 38.6 Å². The van der Waals surface area contributed by atoms with Gasteiger partial charge in [0.25, 0.3) is 0 Å². The number of guanidine groups is 1. The van der Waals surface area contributed by atoms with Crippen molar-refractivity contribution in [3.63, 3.8) is 0 Å². The van der Waals surface area contributed by atoms with Gasteiger partial charge in [0, 0.05) is 45.7 Å². The van der Waals surface area contributed by atoms with E-state index in [1.807, 2.05) is 11.8 Å². The molecule has 0 radical (unpaired) electrons. The molecule has 3 rings (SSSR count). The summed E-state index contributed by atoms with van der Waals surface area (Å²) in [6, 6.07) is 9.20. The first-order valence-corrected chi connectivity index (χ1v) is 11.2. The molecule has 30 heavy (non-hydrogen) atoms. The second-order valence-electron chi connectivity index (χ2n) is 8.26. The number of amides is 1. The number of likely N-dealkylation sites (tertiary alicyclic amines) is 2. The Morgan fingerprint density at radius 1 is 1.07 bits per heavy atom. The van der Waals surface area contributed by atoms with Crippen molar-refractivity contribution >= 4 is 35.8 Å². The lowest BCUT2D eigenvalue weighted by Crippen LogP contribution is -2.44. The average Bonchev–Trinajstić information content (AvgIpc) is 3.07. The van der Waals surface area contributed by atoms with E-state index in [1.54, 1.807) is 7.05 Å². The van der Waals surface area contributed by atoms with E-state index < -0.39 is 0 Å². The van der Waals surface area contributed by atoms with Crippen molar-refractivity contribution in [3.05, 3.63) is 35.4 Å². The second-order valence-corrected chi connectivity index (χ2v) is 8.26. The molecule has 2 aliphatic heterocycles. The maximum atomic E-state index is 11.8. The Kier molecular flexibility index (Phi) is 10.9. The van der Waals surface area contributed by atoms with Crippen LogP contribution in [0.2, 0.25) is 0 Å². The Morgan fingerprint density at radius 3 is 2.37 bits per heavy atom. The lowest BCUT2D eigenvalue weighted by atomic mass is 10.1. The summed E-state index contributed by atoms with van der Waals surface area (Å²) >= 11 is 0. The van der Waals surface area contributed by atoms with Gasteiger partial charge in [0.2, 0.25) is 5.91 Å². The van der Waals surface area contributed by atoms with Crippen LogP contribution in [-0.4, -0.2) is 60.9 Å². The number of hydrogen-bond acceptors (Lipinski definition) is 3. The summed E-state index contributed by atoms with van der Waals surface area (Å²) in [5, 5.41) is 6.86. The molecule has 0 aliphatic carbocycles. The van der Waals surface area contributed by atoms with Gasteiger partial charge in [0.05, 0.1) is 0 Å². The smallest absolute Gasteiger partial charge is 0.222 e. The van der Waals surface area contributed by atoms with Gasteiger partial charge in [-0.3, -0.25) is 14.7 Å². The first kappa shape index (κ1) is 24.9. The molecule has 0 aromatic heterocycles. The van der Waals surface area contributed by atoms with Gasteiger partial charge in [-0.15, -0.1) is 24.0 Å². The molecule has 2 heterocycles. The first-order valence-electron chi connectivity index (χ1n) is 11.2. The minimum absolute atomic E-state index is 0. The minimum Gasteiger partial charge on any atom is -0.352 e. The summed E-state index contributed by atoms with van der Waals surface area (Å²) in [7, 11) is 1.80. The van der Waals surface area contributed by atoms with Crippen molar-refractivity contribution in [2.45, 2.75) is 64.6 Å². The minimum atomic E-state index is 0. The highest BCUT2D eigenvalue weighted by atomic mass is 127. The molecular formula is C23H38IN5O. The highest BCUT2D eigenvalue weighted by molar-refractivity contribution is 14.0. The number of halogens is 1. The van der Waals surface area contributed by atoms with Gasteiger partial charge >= 0.3 is 0 Å². The largest absolute Gasteiger partial charge is 0.352 e. The Bertz CT molecular complexity index is 671. The molecule has 0 bridgehead atoms. The third-order valence-corrected chi connectivity index (χ3v) is 6.00. The van der Waals surface area contributed by atoms with Crippen LogP contribution in [0.25, 0.3) is 0 Å². The van der Waals surface area contributed by atoms with Gasteiger partial charge in [0.1, 0.15) is 0 Å². The van der Waals surface area contributed by atoms with Gasteiger partial charge in [-0.25, -0.2) is 0 Å². The molecule has 7 heteroatoms. The molecule has 2 N–H and O–H groups in total. The molecule has 1 aromatic rings. The number of carbonyl (C=O) groups is 1. The molecule has 0 saturated carbocycles. The second kappa shape index (κ2) is 13.1. The van der Waals surface area contributed by atoms with E-state index in [2.05, 4.69) is 44.8 Å². The maximum Gasteiger partial charge on any atom is 0.222 e. The number of aliphatic imine (C=N–C) groups is 1. The van der Waals surface area contributed by atoms with Crippen LogP contribution in [0.1, 0.15) is 56.6 Å². The molecule has 2 fully saturated rings. The molecular weight excluding hydrogens is 489 g/mol. The van der Waals surface area contributed by atoms with Crippen LogP contribution in [0.5, 0.6) is 0 Å². The average molecular weight is 527 g/mol. The molecule has 1 amide bonds. The molecule has 6 nitrogen and oxygen atoms in total. The fourth-order valence-corrected chi connectivity index (χ4v) is 4.22. The van der Waals surface area contributed by atoms with Crippen molar-refractivity contribution in [1.29, 1.82) is 0 Å². The highest BCUT2D eigenvalue weighted by Gasteiger charge is 2.25. The lowest BCUT2D eigenvalue weighted by Gasteiger charge is -2.20. The summed E-state index contributed by atoms with van der Waals surface area (Å²) in [6.07, 6.45) is 6.97. The standard InChI is InChI=1S/C23H37N5O.HI/c1-3-22(29)28-15-12-21(18-28)26-23(24-2)25-16-19-8-10-20(11-9-19)17-27-13-6-4-5-7-14-27;/h8-11,21H,3-7,12-18H2,1-2H3,(H2,24,25,26);1H. The van der Waals surface area contributed by atoms with Crippen molar-refractivity contribution in [2.75, 3.05) is 33.2 Å². The number of rotatable bonds is 6. The molecule has 168 valence electrons. The number of nitrogens with zero attached hydrogens (tertiary/aromatic N) is 3. The molecule has 1 atom stereocenters. The first-order chi connectivity index (χ1) is 14.2. The van der Waals surface area contributed by atoms with E-state index in [0.29, 0.717) is 6.42 Å². The summed E-state index contributed by atoms with van der Waals surface area (Å²) in [6.45, 7) is 7.78. The van der Waals surface area contributed by atoms with Gasteiger partial charge in [-0.2, -0.15) is 0 Å². The third kappa shape index (κ3) is 7.72. The number of benzene rings is 1. The number of hydrogen-bond donors (Lipinski definition) is 2. The van der Waals surface area contributed by atoms with Crippen LogP contribution in [0, 0.1) is 0 Å². The Morgan fingerprint density at radius 2 is 1.73 bits per heavy atom. The molecule has 1 unspecified atom stereocenters. The Balaban J connectivity index is 0.00000320. The van der Waals surface area contributed by atoms with Crippen LogP contribution in [-0.2, 0) is 17.9 Å². The number of carbonyl (C=O) groups excluding carboxylic acids is 1. The third-order valence-electron chi connectivity index (χ3n) is 6.00. The van der Waals surface area contributed by atoms with Crippen LogP contribution >= 0.6 is 24.0 Å². The lowest BCUT2D eigenvalue weighted by molar-refractivity contribution is -0.129. The predicted octanol–water partition coefficient (Wildman–Crippen LogP) is 3.36. The predicted molar refractivity (Wildman–Crippen MR) is 134 cm³/mol. The zero-order valence-electron chi connectivity index (χ0n) is 18.5. The monoisotopic (exact) mass is 527 g/mol. The maximum absolute atomic E-state index is 11.8. The zero-order chi connectivity index (χ0) is 20.5. The summed E-state index contributed by atoms with van der Waals surface area (Å²) in [5.41, 5.74) is 2.64. The van der Waals surface area contributed by atoms with E-state index in [4.69, 9.17) is 0 Å². The van der Waals surface area contributed by atoms with Crippen molar-refractivity contribution in [1.82, 2.24) is 20.4 Å². The van der Waals surface area contributed by atoms with Gasteiger partial charge in [0.15, 0.2) is 5.96 Å². The van der Waals surface area contributed by atoms with Crippen LogP contribution in [0.15, 0.2) is 29.3 Å². The fraction of sp³-hybridized carbons (Fsp3) is 0.652. The van der Waals surface area contributed by atoms with E-state index >= 15 is 0 Å². The van der Waals surface area contributed by atoms with E-state index in [1.165, 1.54) is 49.9 Å². The van der Waals surface area contributed by atoms with Crippen LogP contribution in [0.4, 0.5) is 0 Å². The molecule has 0 spiro atoms. The molecule has 2 aliphatic rings. The fourth-order valence-electron chi connectivity index (χ4n) is 4.22. The van der Waals surface area contributed by atoms with Crippen molar-refractivity contribution < 1.29 is 4.79 Å². The van der Waals surface area contributed by atoms with E-state index in [9.17, 15) is 4.79 Å². The molecule has 2 saturated heterocycles. The zero-order valence-corrected chi connectivity index (χ0v) is 20.9. The van der Waals surface area contributed by atoms with E-state index in [-0.39, 0.29) is 35.9 Å². The summed E-state index contributed by atoms with van der Waals surface area (Å²) < 4.78 is 0. The quantitative estimate of drug-likeness (QED) is 0.339. The SMILES string of the molecule is CCC(=O)N1CCC(NC(=NC)NCc2ccc(CN3CCCCCC3)cc2)C1.I. The van der Waals surface area contributed by atoms with Gasteiger partial charge in [-0.1, -0.05) is 44.0 Å². The summed E-state index contributed by atoms with van der Waals surface area (Å²) in [5.74, 6) is 1.03.